The normalized spacial score (nSPS) is 10.8. The minimum atomic E-state index is -0.170. The van der Waals surface area contributed by atoms with Crippen LogP contribution < -0.4 is 10.9 Å². The van der Waals surface area contributed by atoms with Gasteiger partial charge in [-0.2, -0.15) is 0 Å². The molecule has 0 aliphatic rings. The van der Waals surface area contributed by atoms with Crippen molar-refractivity contribution in [3.05, 3.63) is 61.7 Å². The number of hydrogen-bond donors (Lipinski definition) is 2. The summed E-state index contributed by atoms with van der Waals surface area (Å²) in [5.74, 6) is 0.561. The molecular weight excluding hydrogens is 309 g/mol. The van der Waals surface area contributed by atoms with Gasteiger partial charge in [0.05, 0.1) is 5.69 Å². The summed E-state index contributed by atoms with van der Waals surface area (Å²) < 4.78 is 0. The van der Waals surface area contributed by atoms with Gasteiger partial charge in [0.1, 0.15) is 5.82 Å². The Morgan fingerprint density at radius 3 is 2.67 bits per heavy atom. The molecule has 2 aromatic rings. The monoisotopic (exact) mass is 325 g/mol. The van der Waals surface area contributed by atoms with Crippen LogP contribution in [0.4, 0.5) is 0 Å². The van der Waals surface area contributed by atoms with E-state index >= 15 is 0 Å². The third-order valence-electron chi connectivity index (χ3n) is 2.98. The summed E-state index contributed by atoms with van der Waals surface area (Å²) in [4.78, 5) is 18.9. The van der Waals surface area contributed by atoms with Gasteiger partial charge in [0.15, 0.2) is 0 Å². The molecule has 21 heavy (non-hydrogen) atoms. The molecule has 112 valence electrons. The van der Waals surface area contributed by atoms with Crippen molar-refractivity contribution in [1.29, 1.82) is 0 Å². The number of halogens is 2. The fourth-order valence-electron chi connectivity index (χ4n) is 2.00. The quantitative estimate of drug-likeness (QED) is 0.802. The van der Waals surface area contributed by atoms with Gasteiger partial charge in [-0.3, -0.25) is 4.79 Å². The zero-order valence-corrected chi connectivity index (χ0v) is 13.3. The average Bonchev–Trinajstić information content (AvgIpc) is 2.43. The zero-order chi connectivity index (χ0) is 15.2. The van der Waals surface area contributed by atoms with Crippen LogP contribution in [0.3, 0.4) is 0 Å². The molecule has 0 aliphatic heterocycles. The van der Waals surface area contributed by atoms with Crippen LogP contribution in [0.5, 0.6) is 0 Å². The average molecular weight is 326 g/mol. The highest BCUT2D eigenvalue weighted by Crippen LogP contribution is 2.25. The molecule has 1 aromatic carbocycles. The fraction of sp³-hybridized carbons (Fsp3) is 0.333. The van der Waals surface area contributed by atoms with E-state index in [9.17, 15) is 4.79 Å². The summed E-state index contributed by atoms with van der Waals surface area (Å²) in [6.07, 6.45) is 1.43. The van der Waals surface area contributed by atoms with Crippen molar-refractivity contribution in [3.63, 3.8) is 0 Å². The topological polar surface area (TPSA) is 57.8 Å². The molecule has 4 nitrogen and oxygen atoms in total. The lowest BCUT2D eigenvalue weighted by atomic mass is 10.1. The van der Waals surface area contributed by atoms with Crippen LogP contribution in [0.1, 0.15) is 30.4 Å². The van der Waals surface area contributed by atoms with E-state index in [2.05, 4.69) is 22.2 Å². The third kappa shape index (κ3) is 4.56. The molecule has 0 spiro atoms. The second-order valence-electron chi connectivity index (χ2n) is 4.74. The van der Waals surface area contributed by atoms with Gasteiger partial charge in [-0.15, -0.1) is 0 Å². The molecule has 0 radical (unpaired) electrons. The van der Waals surface area contributed by atoms with E-state index in [0.29, 0.717) is 34.5 Å². The molecule has 0 bridgehead atoms. The van der Waals surface area contributed by atoms with Crippen molar-refractivity contribution < 1.29 is 0 Å². The molecule has 1 aromatic heterocycles. The fourth-order valence-corrected chi connectivity index (χ4v) is 2.53. The van der Waals surface area contributed by atoms with Gasteiger partial charge in [0, 0.05) is 29.1 Å². The molecule has 2 N–H and O–H groups in total. The first-order chi connectivity index (χ1) is 10.1. The van der Waals surface area contributed by atoms with Crippen LogP contribution in [0.15, 0.2) is 29.1 Å². The Morgan fingerprint density at radius 2 is 2.00 bits per heavy atom. The lowest BCUT2D eigenvalue weighted by Crippen LogP contribution is -2.19. The minimum Gasteiger partial charge on any atom is -0.311 e. The summed E-state index contributed by atoms with van der Waals surface area (Å²) in [5, 5.41) is 4.36. The number of rotatable bonds is 6. The highest BCUT2D eigenvalue weighted by molar-refractivity contribution is 6.36. The Morgan fingerprint density at radius 1 is 1.29 bits per heavy atom. The number of aromatic amines is 1. The summed E-state index contributed by atoms with van der Waals surface area (Å²) in [5.41, 5.74) is 1.31. The third-order valence-corrected chi connectivity index (χ3v) is 3.69. The molecule has 0 saturated heterocycles. The Labute approximate surface area is 133 Å². The van der Waals surface area contributed by atoms with Gasteiger partial charge in [0.2, 0.25) is 0 Å². The zero-order valence-electron chi connectivity index (χ0n) is 11.7. The SMILES string of the molecule is CCCNCc1cc(=O)[nH]c(Cc2c(Cl)cccc2Cl)n1. The van der Waals surface area contributed by atoms with Crippen LogP contribution >= 0.6 is 23.2 Å². The second kappa shape index (κ2) is 7.59. The molecule has 0 aliphatic carbocycles. The van der Waals surface area contributed by atoms with E-state index in [1.807, 2.05) is 0 Å². The second-order valence-corrected chi connectivity index (χ2v) is 5.55. The maximum atomic E-state index is 11.7. The Balaban J connectivity index is 2.22. The van der Waals surface area contributed by atoms with Crippen molar-refractivity contribution in [2.75, 3.05) is 6.54 Å². The number of H-pyrrole nitrogens is 1. The van der Waals surface area contributed by atoms with Crippen LogP contribution in [-0.4, -0.2) is 16.5 Å². The molecule has 6 heteroatoms. The van der Waals surface area contributed by atoms with Gasteiger partial charge in [-0.05, 0) is 30.7 Å². The predicted octanol–water partition coefficient (Wildman–Crippen LogP) is 3.17. The van der Waals surface area contributed by atoms with Gasteiger partial charge >= 0.3 is 0 Å². The first-order valence-electron chi connectivity index (χ1n) is 6.83. The smallest absolute Gasteiger partial charge is 0.251 e. The largest absolute Gasteiger partial charge is 0.311 e. The number of benzene rings is 1. The van der Waals surface area contributed by atoms with Crippen LogP contribution in [0.2, 0.25) is 10.0 Å². The Bertz CT molecular complexity index is 650. The van der Waals surface area contributed by atoms with Gasteiger partial charge in [-0.1, -0.05) is 36.2 Å². The van der Waals surface area contributed by atoms with Gasteiger partial charge in [0.25, 0.3) is 5.56 Å². The maximum Gasteiger partial charge on any atom is 0.251 e. The molecule has 0 amide bonds. The lowest BCUT2D eigenvalue weighted by molar-refractivity contribution is 0.658. The summed E-state index contributed by atoms with van der Waals surface area (Å²) in [6, 6.07) is 6.83. The molecular formula is C15H17Cl2N3O. The Hall–Kier alpha value is -1.36. The lowest BCUT2D eigenvalue weighted by Gasteiger charge is -2.08. The summed E-state index contributed by atoms with van der Waals surface area (Å²) in [7, 11) is 0. The maximum absolute atomic E-state index is 11.7. The molecule has 0 fully saturated rings. The van der Waals surface area contributed by atoms with E-state index in [0.717, 1.165) is 18.5 Å². The van der Waals surface area contributed by atoms with Crippen molar-refractivity contribution in [3.8, 4) is 0 Å². The molecule has 0 atom stereocenters. The van der Waals surface area contributed by atoms with Crippen molar-refractivity contribution in [2.45, 2.75) is 26.3 Å². The minimum absolute atomic E-state index is 0.170. The first kappa shape index (κ1) is 16.0. The van der Waals surface area contributed by atoms with E-state index in [-0.39, 0.29) is 5.56 Å². The summed E-state index contributed by atoms with van der Waals surface area (Å²) in [6.45, 7) is 3.55. The first-order valence-corrected chi connectivity index (χ1v) is 7.58. The van der Waals surface area contributed by atoms with Crippen LogP contribution in [-0.2, 0) is 13.0 Å². The summed E-state index contributed by atoms with van der Waals surface area (Å²) >= 11 is 12.3. The van der Waals surface area contributed by atoms with E-state index in [4.69, 9.17) is 23.2 Å². The van der Waals surface area contributed by atoms with Crippen LogP contribution in [0, 0.1) is 0 Å². The molecule has 0 unspecified atom stereocenters. The van der Waals surface area contributed by atoms with Crippen molar-refractivity contribution in [2.24, 2.45) is 0 Å². The predicted molar refractivity (Wildman–Crippen MR) is 86.1 cm³/mol. The van der Waals surface area contributed by atoms with E-state index in [1.54, 1.807) is 18.2 Å². The number of aromatic nitrogens is 2. The van der Waals surface area contributed by atoms with Crippen LogP contribution in [0.25, 0.3) is 0 Å². The van der Waals surface area contributed by atoms with Gasteiger partial charge in [-0.25, -0.2) is 4.98 Å². The van der Waals surface area contributed by atoms with E-state index in [1.165, 1.54) is 6.07 Å². The van der Waals surface area contributed by atoms with Gasteiger partial charge < -0.3 is 10.3 Å². The molecule has 0 saturated carbocycles. The van der Waals surface area contributed by atoms with E-state index < -0.39 is 0 Å². The highest BCUT2D eigenvalue weighted by Gasteiger charge is 2.09. The standard InChI is InChI=1S/C15H17Cl2N3O/c1-2-6-18-9-10-7-15(21)20-14(19-10)8-11-12(16)4-3-5-13(11)17/h3-5,7,18H,2,6,8-9H2,1H3,(H,19,20,21). The molecule has 2 rings (SSSR count). The Kier molecular flexibility index (Phi) is 5.79. The number of hydrogen-bond acceptors (Lipinski definition) is 3. The molecule has 1 heterocycles. The van der Waals surface area contributed by atoms with Crippen molar-refractivity contribution in [1.82, 2.24) is 15.3 Å². The highest BCUT2D eigenvalue weighted by atomic mass is 35.5. The van der Waals surface area contributed by atoms with Crippen molar-refractivity contribution >= 4 is 23.2 Å². The number of nitrogens with zero attached hydrogens (tertiary/aromatic N) is 1. The number of nitrogens with one attached hydrogen (secondary N) is 2.